The van der Waals surface area contributed by atoms with Crippen molar-refractivity contribution in [3.63, 3.8) is 0 Å². The van der Waals surface area contributed by atoms with E-state index in [9.17, 15) is 8.42 Å². The molecule has 1 aliphatic rings. The average molecular weight is 254 g/mol. The highest BCUT2D eigenvalue weighted by Crippen LogP contribution is 2.34. The Hall–Kier alpha value is -0.910. The lowest BCUT2D eigenvalue weighted by Crippen LogP contribution is -2.40. The van der Waals surface area contributed by atoms with Crippen LogP contribution in [0.1, 0.15) is 24.0 Å². The molecule has 0 aromatic heterocycles. The van der Waals surface area contributed by atoms with Gasteiger partial charge in [-0.3, -0.25) is 0 Å². The minimum Gasteiger partial charge on any atom is -0.329 e. The van der Waals surface area contributed by atoms with Crippen LogP contribution in [0.5, 0.6) is 0 Å². The quantitative estimate of drug-likeness (QED) is 0.808. The summed E-state index contributed by atoms with van der Waals surface area (Å²) in [5.41, 5.74) is 7.95. The maximum Gasteiger partial charge on any atom is 0.215 e. The zero-order valence-electron chi connectivity index (χ0n) is 9.89. The van der Waals surface area contributed by atoms with Crippen molar-refractivity contribution < 1.29 is 8.42 Å². The molecule has 2 atom stereocenters. The first kappa shape index (κ1) is 12.5. The van der Waals surface area contributed by atoms with E-state index in [-0.39, 0.29) is 6.54 Å². The number of nitrogens with two attached hydrogens (primary N) is 1. The highest BCUT2D eigenvalue weighted by Gasteiger charge is 2.27. The Kier molecular flexibility index (Phi) is 3.51. The maximum atomic E-state index is 11.7. The van der Waals surface area contributed by atoms with E-state index in [0.29, 0.717) is 12.5 Å². The van der Waals surface area contributed by atoms with E-state index in [1.54, 1.807) is 6.92 Å². The normalized spacial score (nSPS) is 20.5. The van der Waals surface area contributed by atoms with Crippen molar-refractivity contribution in [2.24, 2.45) is 5.73 Å². The van der Waals surface area contributed by atoms with Gasteiger partial charge < -0.3 is 5.73 Å². The molecule has 0 fully saturated rings. The number of hydrogen-bond donors (Lipinski definition) is 2. The van der Waals surface area contributed by atoms with Crippen LogP contribution < -0.4 is 10.5 Å². The average Bonchev–Trinajstić information content (AvgIpc) is 2.29. The second-order valence-corrected chi connectivity index (χ2v) is 6.72. The van der Waals surface area contributed by atoms with Gasteiger partial charge in [0.2, 0.25) is 10.0 Å². The first-order valence-corrected chi connectivity index (χ1v) is 7.35. The summed E-state index contributed by atoms with van der Waals surface area (Å²) in [5, 5.41) is -0.530. The molecule has 0 saturated heterocycles. The standard InChI is InChI=1S/C12H18N2O2S/c1-9(7-13)17(15,16)14-8-11-6-10-4-2-3-5-12(10)11/h2-5,9,11,14H,6-8,13H2,1H3. The van der Waals surface area contributed by atoms with Gasteiger partial charge in [0.1, 0.15) is 0 Å². The topological polar surface area (TPSA) is 72.2 Å². The molecule has 0 aliphatic heterocycles. The number of sulfonamides is 1. The molecule has 2 rings (SSSR count). The molecule has 1 aromatic rings. The molecule has 0 bridgehead atoms. The lowest BCUT2D eigenvalue weighted by atomic mass is 9.78. The monoisotopic (exact) mass is 254 g/mol. The summed E-state index contributed by atoms with van der Waals surface area (Å²) in [6, 6.07) is 8.14. The fourth-order valence-corrected chi connectivity index (χ4v) is 3.00. The van der Waals surface area contributed by atoms with Crippen LogP contribution in [0.15, 0.2) is 24.3 Å². The molecule has 0 heterocycles. The molecule has 0 saturated carbocycles. The van der Waals surface area contributed by atoms with Gasteiger partial charge in [0, 0.05) is 19.0 Å². The number of fused-ring (bicyclic) bond motifs is 1. The van der Waals surface area contributed by atoms with E-state index in [4.69, 9.17) is 5.73 Å². The number of hydrogen-bond acceptors (Lipinski definition) is 3. The van der Waals surface area contributed by atoms with Crippen LogP contribution in [0.25, 0.3) is 0 Å². The Balaban J connectivity index is 1.94. The molecular formula is C12H18N2O2S. The number of benzene rings is 1. The van der Waals surface area contributed by atoms with E-state index in [1.165, 1.54) is 11.1 Å². The van der Waals surface area contributed by atoms with Gasteiger partial charge in [-0.1, -0.05) is 24.3 Å². The van der Waals surface area contributed by atoms with Crippen molar-refractivity contribution >= 4 is 10.0 Å². The zero-order valence-corrected chi connectivity index (χ0v) is 10.7. The second-order valence-electron chi connectivity index (χ2n) is 4.54. The van der Waals surface area contributed by atoms with E-state index in [1.807, 2.05) is 12.1 Å². The Bertz CT molecular complexity index is 499. The molecule has 1 aliphatic carbocycles. The third kappa shape index (κ3) is 2.51. The molecule has 17 heavy (non-hydrogen) atoms. The Labute approximate surface area is 102 Å². The third-order valence-electron chi connectivity index (χ3n) is 3.35. The highest BCUT2D eigenvalue weighted by molar-refractivity contribution is 7.90. The number of rotatable bonds is 5. The van der Waals surface area contributed by atoms with Crippen LogP contribution in [0, 0.1) is 0 Å². The second kappa shape index (κ2) is 4.76. The summed E-state index contributed by atoms with van der Waals surface area (Å²) in [4.78, 5) is 0. The van der Waals surface area contributed by atoms with Crippen LogP contribution in [0.2, 0.25) is 0 Å². The first-order valence-electron chi connectivity index (χ1n) is 5.81. The molecular weight excluding hydrogens is 236 g/mol. The lowest BCUT2D eigenvalue weighted by molar-refractivity contribution is 0.543. The van der Waals surface area contributed by atoms with Gasteiger partial charge in [-0.2, -0.15) is 0 Å². The summed E-state index contributed by atoms with van der Waals surface area (Å²) in [6.45, 7) is 2.25. The first-order chi connectivity index (χ1) is 8.04. The van der Waals surface area contributed by atoms with Crippen LogP contribution in [-0.4, -0.2) is 26.8 Å². The largest absolute Gasteiger partial charge is 0.329 e. The Morgan fingerprint density at radius 2 is 2.18 bits per heavy atom. The molecule has 3 N–H and O–H groups in total. The smallest absolute Gasteiger partial charge is 0.215 e. The van der Waals surface area contributed by atoms with Gasteiger partial charge in [-0.05, 0) is 24.5 Å². The van der Waals surface area contributed by atoms with E-state index in [2.05, 4.69) is 16.9 Å². The predicted molar refractivity (Wildman–Crippen MR) is 68.3 cm³/mol. The van der Waals surface area contributed by atoms with Gasteiger partial charge >= 0.3 is 0 Å². The van der Waals surface area contributed by atoms with Crippen molar-refractivity contribution in [1.29, 1.82) is 0 Å². The number of nitrogens with one attached hydrogen (secondary N) is 1. The van der Waals surface area contributed by atoms with Gasteiger partial charge in [0.05, 0.1) is 5.25 Å². The molecule has 0 spiro atoms. The van der Waals surface area contributed by atoms with Crippen molar-refractivity contribution in [1.82, 2.24) is 4.72 Å². The zero-order chi connectivity index (χ0) is 12.5. The van der Waals surface area contributed by atoms with Crippen molar-refractivity contribution in [2.45, 2.75) is 24.5 Å². The lowest BCUT2D eigenvalue weighted by Gasteiger charge is -2.30. The third-order valence-corrected chi connectivity index (χ3v) is 5.17. The van der Waals surface area contributed by atoms with Crippen LogP contribution in [0.4, 0.5) is 0 Å². The van der Waals surface area contributed by atoms with Crippen LogP contribution in [0.3, 0.4) is 0 Å². The van der Waals surface area contributed by atoms with Gasteiger partial charge in [0.15, 0.2) is 0 Å². The molecule has 1 aromatic carbocycles. The summed E-state index contributed by atoms with van der Waals surface area (Å²) in [5.74, 6) is 0.311. The van der Waals surface area contributed by atoms with Crippen molar-refractivity contribution in [3.8, 4) is 0 Å². The van der Waals surface area contributed by atoms with Gasteiger partial charge in [0.25, 0.3) is 0 Å². The molecule has 0 radical (unpaired) electrons. The summed E-state index contributed by atoms with van der Waals surface area (Å²) < 4.78 is 26.1. The summed E-state index contributed by atoms with van der Waals surface area (Å²) in [6.07, 6.45) is 0.954. The minimum absolute atomic E-state index is 0.149. The van der Waals surface area contributed by atoms with E-state index in [0.717, 1.165) is 6.42 Å². The highest BCUT2D eigenvalue weighted by atomic mass is 32.2. The van der Waals surface area contributed by atoms with Gasteiger partial charge in [-0.25, -0.2) is 13.1 Å². The Morgan fingerprint density at radius 1 is 1.47 bits per heavy atom. The van der Waals surface area contributed by atoms with E-state index >= 15 is 0 Å². The Morgan fingerprint density at radius 3 is 2.82 bits per heavy atom. The fraction of sp³-hybridized carbons (Fsp3) is 0.500. The molecule has 94 valence electrons. The minimum atomic E-state index is -3.26. The predicted octanol–water partition coefficient (Wildman–Crippen LogP) is 0.593. The van der Waals surface area contributed by atoms with Gasteiger partial charge in [-0.15, -0.1) is 0 Å². The summed E-state index contributed by atoms with van der Waals surface area (Å²) >= 11 is 0. The molecule has 5 heteroatoms. The van der Waals surface area contributed by atoms with Crippen molar-refractivity contribution in [3.05, 3.63) is 35.4 Å². The SMILES string of the molecule is CC(CN)S(=O)(=O)NCC1Cc2ccccc21. The molecule has 0 amide bonds. The maximum absolute atomic E-state index is 11.7. The fourth-order valence-electron chi connectivity index (χ4n) is 2.03. The molecule has 2 unspecified atom stereocenters. The van der Waals surface area contributed by atoms with E-state index < -0.39 is 15.3 Å². The van der Waals surface area contributed by atoms with Crippen LogP contribution >= 0.6 is 0 Å². The van der Waals surface area contributed by atoms with Crippen molar-refractivity contribution in [2.75, 3.05) is 13.1 Å². The van der Waals surface area contributed by atoms with Crippen LogP contribution in [-0.2, 0) is 16.4 Å². The molecule has 4 nitrogen and oxygen atoms in total. The summed E-state index contributed by atoms with van der Waals surface area (Å²) in [7, 11) is -3.26.